The molecule has 4 aromatic rings. The average molecular weight is 387 g/mol. The number of carbonyl (C=O) groups excluding carboxylic acids is 1. The molecule has 4 aromatic heterocycles. The summed E-state index contributed by atoms with van der Waals surface area (Å²) in [4.78, 5) is 18.4. The highest BCUT2D eigenvalue weighted by atomic mass is 32.2. The summed E-state index contributed by atoms with van der Waals surface area (Å²) in [5, 5.41) is 15.0. The van der Waals surface area contributed by atoms with Crippen LogP contribution in [0, 0.1) is 6.92 Å². The molecule has 10 heteroatoms. The van der Waals surface area contributed by atoms with E-state index in [1.165, 1.54) is 35.0 Å². The zero-order valence-corrected chi connectivity index (χ0v) is 16.0. The molecule has 8 nitrogen and oxygen atoms in total. The molecule has 26 heavy (non-hydrogen) atoms. The van der Waals surface area contributed by atoms with Gasteiger partial charge in [-0.2, -0.15) is 4.52 Å². The quantitative estimate of drug-likeness (QED) is 0.541. The first-order valence-corrected chi connectivity index (χ1v) is 10.3. The van der Waals surface area contributed by atoms with Gasteiger partial charge in [0.05, 0.1) is 11.1 Å². The predicted molar refractivity (Wildman–Crippen MR) is 101 cm³/mol. The van der Waals surface area contributed by atoms with Crippen LogP contribution in [0.4, 0.5) is 0 Å². The van der Waals surface area contributed by atoms with Crippen LogP contribution in [0.2, 0.25) is 0 Å². The van der Waals surface area contributed by atoms with Gasteiger partial charge in [-0.25, -0.2) is 9.38 Å². The molecular formula is C16H17N7OS2. The van der Waals surface area contributed by atoms with Gasteiger partial charge in [0.2, 0.25) is 5.91 Å². The number of fused-ring (bicyclic) bond motifs is 8. The Morgan fingerprint density at radius 2 is 2.27 bits per heavy atom. The maximum Gasteiger partial charge on any atom is 0.260 e. The SMILES string of the molecule is Cc1nc2c3c4c(sc3n3c(SCC(N)=O)nnc3n2n1)CCCC4C. The third-order valence-corrected chi connectivity index (χ3v) is 7.03. The number of aromatic nitrogens is 6. The Bertz CT molecular complexity index is 1190. The number of primary amides is 1. The fourth-order valence-corrected chi connectivity index (χ4v) is 5.98. The summed E-state index contributed by atoms with van der Waals surface area (Å²) in [5.41, 5.74) is 7.54. The summed E-state index contributed by atoms with van der Waals surface area (Å²) in [6.45, 7) is 4.17. The van der Waals surface area contributed by atoms with E-state index in [0.29, 0.717) is 22.7 Å². The normalized spacial score (nSPS) is 17.4. The third kappa shape index (κ3) is 2.18. The summed E-state index contributed by atoms with van der Waals surface area (Å²) in [5.74, 6) is 1.60. The molecule has 0 fully saturated rings. The summed E-state index contributed by atoms with van der Waals surface area (Å²) >= 11 is 3.08. The van der Waals surface area contributed by atoms with Crippen LogP contribution in [0.15, 0.2) is 5.16 Å². The van der Waals surface area contributed by atoms with Crippen LogP contribution < -0.4 is 5.73 Å². The zero-order valence-electron chi connectivity index (χ0n) is 14.4. The average Bonchev–Trinajstić information content (AvgIpc) is 3.26. The van der Waals surface area contributed by atoms with Crippen LogP contribution in [0.25, 0.3) is 21.6 Å². The lowest BCUT2D eigenvalue weighted by atomic mass is 9.87. The zero-order chi connectivity index (χ0) is 18.0. The molecule has 0 bridgehead atoms. The van der Waals surface area contributed by atoms with Crippen molar-refractivity contribution in [3.63, 3.8) is 0 Å². The summed E-state index contributed by atoms with van der Waals surface area (Å²) in [6, 6.07) is 0. The summed E-state index contributed by atoms with van der Waals surface area (Å²) in [6.07, 6.45) is 3.48. The Hall–Kier alpha value is -2.20. The van der Waals surface area contributed by atoms with Crippen molar-refractivity contribution in [2.75, 3.05) is 5.75 Å². The van der Waals surface area contributed by atoms with Gasteiger partial charge in [-0.1, -0.05) is 18.7 Å². The Morgan fingerprint density at radius 3 is 3.08 bits per heavy atom. The minimum atomic E-state index is -0.375. The number of carbonyl (C=O) groups is 1. The molecule has 1 aliphatic rings. The predicted octanol–water partition coefficient (Wildman–Crippen LogP) is 2.31. The number of thiophene rings is 1. The van der Waals surface area contributed by atoms with Crippen molar-refractivity contribution in [1.29, 1.82) is 0 Å². The molecule has 134 valence electrons. The molecule has 0 saturated carbocycles. The Balaban J connectivity index is 1.92. The summed E-state index contributed by atoms with van der Waals surface area (Å²) < 4.78 is 3.77. The Morgan fingerprint density at radius 1 is 1.42 bits per heavy atom. The highest BCUT2D eigenvalue weighted by Crippen LogP contribution is 2.44. The second kappa shape index (κ2) is 5.65. The first-order chi connectivity index (χ1) is 12.5. The monoisotopic (exact) mass is 387 g/mol. The molecule has 4 heterocycles. The maximum atomic E-state index is 11.2. The molecule has 0 spiro atoms. The number of nitrogens with zero attached hydrogens (tertiary/aromatic N) is 6. The molecule has 0 saturated heterocycles. The standard InChI is InChI=1S/C16H17N7OS2/c1-7-4-3-5-9-11(7)12-13-18-8(2)21-23(13)15-19-20-16(25-6-10(17)24)22(15)14(12)26-9/h7H,3-6H2,1-2H3,(H2,17,24). The van der Waals surface area contributed by atoms with Gasteiger partial charge < -0.3 is 5.73 Å². The van der Waals surface area contributed by atoms with Gasteiger partial charge in [0.25, 0.3) is 5.78 Å². The molecule has 5 rings (SSSR count). The largest absolute Gasteiger partial charge is 0.369 e. The van der Waals surface area contributed by atoms with Gasteiger partial charge in [-0.15, -0.1) is 26.6 Å². The lowest BCUT2D eigenvalue weighted by molar-refractivity contribution is -0.115. The van der Waals surface area contributed by atoms with Crippen molar-refractivity contribution in [3.05, 3.63) is 16.3 Å². The molecule has 0 aromatic carbocycles. The van der Waals surface area contributed by atoms with Gasteiger partial charge in [0.15, 0.2) is 10.8 Å². The number of rotatable bonds is 3. The van der Waals surface area contributed by atoms with Crippen molar-refractivity contribution >= 4 is 50.6 Å². The number of aryl methyl sites for hydroxylation is 2. The third-order valence-electron chi connectivity index (χ3n) is 4.83. The minimum absolute atomic E-state index is 0.165. The van der Waals surface area contributed by atoms with E-state index < -0.39 is 0 Å². The fourth-order valence-electron chi connectivity index (χ4n) is 3.79. The lowest BCUT2D eigenvalue weighted by Crippen LogP contribution is -2.13. The lowest BCUT2D eigenvalue weighted by Gasteiger charge is -2.18. The van der Waals surface area contributed by atoms with Crippen LogP contribution in [-0.4, -0.2) is 40.9 Å². The molecule has 0 aliphatic heterocycles. The first kappa shape index (κ1) is 16.0. The maximum absolute atomic E-state index is 11.2. The number of thioether (sulfide) groups is 1. The van der Waals surface area contributed by atoms with Crippen molar-refractivity contribution in [3.8, 4) is 0 Å². The molecule has 1 aliphatic carbocycles. The van der Waals surface area contributed by atoms with Gasteiger partial charge in [-0.3, -0.25) is 4.79 Å². The number of nitrogens with two attached hydrogens (primary N) is 1. The molecule has 1 atom stereocenters. The van der Waals surface area contributed by atoms with E-state index >= 15 is 0 Å². The smallest absolute Gasteiger partial charge is 0.260 e. The van der Waals surface area contributed by atoms with Crippen LogP contribution in [0.5, 0.6) is 0 Å². The van der Waals surface area contributed by atoms with Crippen LogP contribution in [0.3, 0.4) is 0 Å². The van der Waals surface area contributed by atoms with E-state index in [9.17, 15) is 4.79 Å². The minimum Gasteiger partial charge on any atom is -0.369 e. The van der Waals surface area contributed by atoms with Gasteiger partial charge >= 0.3 is 0 Å². The number of hydrogen-bond acceptors (Lipinski definition) is 7. The fraction of sp³-hybridized carbons (Fsp3) is 0.438. The van der Waals surface area contributed by atoms with Crippen LogP contribution in [-0.2, 0) is 11.2 Å². The first-order valence-electron chi connectivity index (χ1n) is 8.51. The van der Waals surface area contributed by atoms with E-state index in [2.05, 4.69) is 27.2 Å². The molecular weight excluding hydrogens is 370 g/mol. The van der Waals surface area contributed by atoms with Gasteiger partial charge in [-0.05, 0) is 37.7 Å². The number of hydrogen-bond donors (Lipinski definition) is 1. The van der Waals surface area contributed by atoms with E-state index in [0.717, 1.165) is 22.3 Å². The highest BCUT2D eigenvalue weighted by molar-refractivity contribution is 7.99. The van der Waals surface area contributed by atoms with E-state index in [4.69, 9.17) is 5.73 Å². The van der Waals surface area contributed by atoms with E-state index in [-0.39, 0.29) is 11.7 Å². The van der Waals surface area contributed by atoms with Gasteiger partial charge in [0.1, 0.15) is 10.7 Å². The molecule has 2 N–H and O–H groups in total. The number of amides is 1. The molecule has 1 unspecified atom stereocenters. The van der Waals surface area contributed by atoms with Crippen molar-refractivity contribution in [2.45, 2.75) is 44.2 Å². The van der Waals surface area contributed by atoms with E-state index in [1.807, 2.05) is 11.3 Å². The molecule has 1 amide bonds. The van der Waals surface area contributed by atoms with Crippen molar-refractivity contribution < 1.29 is 4.79 Å². The summed E-state index contributed by atoms with van der Waals surface area (Å²) in [7, 11) is 0. The Kier molecular flexibility index (Phi) is 3.48. The van der Waals surface area contributed by atoms with Crippen molar-refractivity contribution in [1.82, 2.24) is 29.2 Å². The van der Waals surface area contributed by atoms with E-state index in [1.54, 1.807) is 15.9 Å². The van der Waals surface area contributed by atoms with Crippen LogP contribution in [0.1, 0.15) is 41.9 Å². The van der Waals surface area contributed by atoms with Crippen molar-refractivity contribution in [2.24, 2.45) is 5.73 Å². The molecule has 0 radical (unpaired) electrons. The van der Waals surface area contributed by atoms with Crippen LogP contribution >= 0.6 is 23.1 Å². The second-order valence-corrected chi connectivity index (χ2v) is 8.71. The Labute approximate surface area is 156 Å². The topological polar surface area (TPSA) is 103 Å². The second-order valence-electron chi connectivity index (χ2n) is 6.68. The van der Waals surface area contributed by atoms with Gasteiger partial charge in [0, 0.05) is 4.88 Å². The highest BCUT2D eigenvalue weighted by Gasteiger charge is 2.28.